The van der Waals surface area contributed by atoms with Gasteiger partial charge in [-0.1, -0.05) is 0 Å². The minimum atomic E-state index is -0.992. The lowest BCUT2D eigenvalue weighted by Crippen LogP contribution is -2.28. The summed E-state index contributed by atoms with van der Waals surface area (Å²) < 4.78 is 0. The van der Waals surface area contributed by atoms with Crippen LogP contribution in [-0.4, -0.2) is 22.7 Å². The number of aromatic carboxylic acids is 1. The van der Waals surface area contributed by atoms with Crippen LogP contribution in [0.15, 0.2) is 12.3 Å². The van der Waals surface area contributed by atoms with E-state index in [0.717, 1.165) is 11.3 Å². The number of nitrogens with zero attached hydrogens (tertiary/aromatic N) is 1. The Kier molecular flexibility index (Phi) is 1.86. The van der Waals surface area contributed by atoms with Crippen molar-refractivity contribution >= 4 is 11.7 Å². The number of fused-ring (bicyclic) bond motifs is 1. The van der Waals surface area contributed by atoms with Gasteiger partial charge in [0.25, 0.3) is 0 Å². The van der Waals surface area contributed by atoms with Gasteiger partial charge in [-0.2, -0.15) is 0 Å². The molecule has 1 aliphatic heterocycles. The number of hydrogen-bond acceptors (Lipinski definition) is 4. The van der Waals surface area contributed by atoms with Crippen LogP contribution < -0.4 is 10.6 Å². The van der Waals surface area contributed by atoms with E-state index >= 15 is 0 Å². The molecule has 1 aromatic rings. The smallest absolute Gasteiger partial charge is 0.354 e. The predicted molar refractivity (Wildman–Crippen MR) is 46.5 cm³/mol. The molecule has 0 saturated heterocycles. The minimum Gasteiger partial charge on any atom is -0.477 e. The lowest BCUT2D eigenvalue weighted by molar-refractivity contribution is 0.0690. The predicted octanol–water partition coefficient (Wildman–Crippen LogP) is 0.252. The number of rotatable bonds is 1. The van der Waals surface area contributed by atoms with Crippen molar-refractivity contribution in [3.63, 3.8) is 0 Å². The van der Waals surface area contributed by atoms with Crippen LogP contribution in [0.1, 0.15) is 16.1 Å². The Labute approximate surface area is 74.8 Å². The minimum absolute atomic E-state index is 0.0873. The number of aromatic nitrogens is 1. The monoisotopic (exact) mass is 179 g/mol. The van der Waals surface area contributed by atoms with Crippen molar-refractivity contribution in [2.45, 2.75) is 6.54 Å². The van der Waals surface area contributed by atoms with E-state index in [1.165, 1.54) is 0 Å². The molecule has 0 bridgehead atoms. The number of carboxylic acids is 1. The molecule has 2 heterocycles. The van der Waals surface area contributed by atoms with Gasteiger partial charge in [-0.05, 0) is 11.6 Å². The van der Waals surface area contributed by atoms with E-state index in [2.05, 4.69) is 15.6 Å². The first kappa shape index (κ1) is 8.00. The Morgan fingerprint density at radius 3 is 3.23 bits per heavy atom. The van der Waals surface area contributed by atoms with Gasteiger partial charge in [0.15, 0.2) is 0 Å². The maximum Gasteiger partial charge on any atom is 0.354 e. The topological polar surface area (TPSA) is 74.2 Å². The molecular formula is C8H9N3O2. The van der Waals surface area contributed by atoms with Crippen molar-refractivity contribution in [1.29, 1.82) is 0 Å². The number of nitrogens with one attached hydrogen (secondary N) is 2. The molecule has 0 saturated carbocycles. The third-order valence-corrected chi connectivity index (χ3v) is 1.93. The van der Waals surface area contributed by atoms with Crippen molar-refractivity contribution in [2.24, 2.45) is 0 Å². The quantitative estimate of drug-likeness (QED) is 0.576. The lowest BCUT2D eigenvalue weighted by atomic mass is 10.1. The zero-order valence-electron chi connectivity index (χ0n) is 6.87. The van der Waals surface area contributed by atoms with Gasteiger partial charge in [-0.3, -0.25) is 5.32 Å². The van der Waals surface area contributed by atoms with E-state index in [-0.39, 0.29) is 5.69 Å². The van der Waals surface area contributed by atoms with E-state index < -0.39 is 5.97 Å². The Bertz CT molecular complexity index is 351. The van der Waals surface area contributed by atoms with E-state index in [4.69, 9.17) is 5.11 Å². The summed E-state index contributed by atoms with van der Waals surface area (Å²) >= 11 is 0. The zero-order chi connectivity index (χ0) is 9.26. The van der Waals surface area contributed by atoms with Gasteiger partial charge in [0.05, 0.1) is 18.6 Å². The normalized spacial score (nSPS) is 14.5. The van der Waals surface area contributed by atoms with Crippen molar-refractivity contribution in [3.8, 4) is 0 Å². The Morgan fingerprint density at radius 1 is 1.62 bits per heavy atom. The number of carbonyl (C=O) groups is 1. The summed E-state index contributed by atoms with van der Waals surface area (Å²) in [4.78, 5) is 14.4. The van der Waals surface area contributed by atoms with Crippen molar-refractivity contribution in [1.82, 2.24) is 10.3 Å². The molecule has 0 spiro atoms. The van der Waals surface area contributed by atoms with Crippen LogP contribution in [0.25, 0.3) is 0 Å². The molecule has 13 heavy (non-hydrogen) atoms. The molecule has 1 aromatic heterocycles. The van der Waals surface area contributed by atoms with E-state index in [1.807, 2.05) is 0 Å². The second-order valence-electron chi connectivity index (χ2n) is 2.81. The summed E-state index contributed by atoms with van der Waals surface area (Å²) in [6, 6.07) is 1.58. The van der Waals surface area contributed by atoms with Crippen LogP contribution in [0.3, 0.4) is 0 Å². The first-order chi connectivity index (χ1) is 6.27. The summed E-state index contributed by atoms with van der Waals surface area (Å²) in [5, 5.41) is 14.8. The van der Waals surface area contributed by atoms with Crippen LogP contribution >= 0.6 is 0 Å². The fourth-order valence-corrected chi connectivity index (χ4v) is 1.27. The van der Waals surface area contributed by atoms with Crippen LogP contribution in [-0.2, 0) is 6.54 Å². The van der Waals surface area contributed by atoms with Crippen molar-refractivity contribution < 1.29 is 9.90 Å². The first-order valence-electron chi connectivity index (χ1n) is 3.94. The molecule has 0 radical (unpaired) electrons. The molecule has 1 aliphatic rings. The molecule has 0 atom stereocenters. The van der Waals surface area contributed by atoms with Crippen LogP contribution in [0.2, 0.25) is 0 Å². The summed E-state index contributed by atoms with van der Waals surface area (Å²) in [5.41, 5.74) is 1.94. The molecular weight excluding hydrogens is 170 g/mol. The van der Waals surface area contributed by atoms with E-state index in [9.17, 15) is 4.79 Å². The van der Waals surface area contributed by atoms with E-state index in [0.29, 0.717) is 13.2 Å². The molecule has 0 aromatic carbocycles. The maximum atomic E-state index is 10.6. The van der Waals surface area contributed by atoms with Crippen LogP contribution in [0, 0.1) is 0 Å². The average molecular weight is 179 g/mol. The van der Waals surface area contributed by atoms with Crippen molar-refractivity contribution in [3.05, 3.63) is 23.5 Å². The van der Waals surface area contributed by atoms with Gasteiger partial charge >= 0.3 is 5.97 Å². The number of pyridine rings is 1. The number of hydrogen-bond donors (Lipinski definition) is 3. The molecule has 5 heteroatoms. The maximum absolute atomic E-state index is 10.6. The molecule has 3 N–H and O–H groups in total. The van der Waals surface area contributed by atoms with Gasteiger partial charge in [0, 0.05) is 6.54 Å². The highest BCUT2D eigenvalue weighted by Gasteiger charge is 2.11. The van der Waals surface area contributed by atoms with Gasteiger partial charge in [0.2, 0.25) is 0 Å². The van der Waals surface area contributed by atoms with Crippen molar-refractivity contribution in [2.75, 3.05) is 12.0 Å². The van der Waals surface area contributed by atoms with Crippen LogP contribution in [0.5, 0.6) is 0 Å². The van der Waals surface area contributed by atoms with Gasteiger partial charge < -0.3 is 10.4 Å². The highest BCUT2D eigenvalue weighted by molar-refractivity contribution is 5.86. The van der Waals surface area contributed by atoms with Gasteiger partial charge in [-0.15, -0.1) is 0 Å². The molecule has 68 valence electrons. The van der Waals surface area contributed by atoms with Gasteiger partial charge in [0.1, 0.15) is 5.69 Å². The molecule has 0 unspecified atom stereocenters. The largest absolute Gasteiger partial charge is 0.477 e. The molecule has 0 aliphatic carbocycles. The zero-order valence-corrected chi connectivity index (χ0v) is 6.87. The first-order valence-corrected chi connectivity index (χ1v) is 3.94. The third-order valence-electron chi connectivity index (χ3n) is 1.93. The summed E-state index contributed by atoms with van der Waals surface area (Å²) in [7, 11) is 0. The summed E-state index contributed by atoms with van der Waals surface area (Å²) in [5.74, 6) is -0.992. The second kappa shape index (κ2) is 3.02. The Morgan fingerprint density at radius 2 is 2.46 bits per heavy atom. The molecule has 5 nitrogen and oxygen atoms in total. The number of carboxylic acid groups (broad SMARTS) is 1. The average Bonchev–Trinajstić information content (AvgIpc) is 2.17. The molecule has 0 fully saturated rings. The summed E-state index contributed by atoms with van der Waals surface area (Å²) in [6.07, 6.45) is 1.56. The fourth-order valence-electron chi connectivity index (χ4n) is 1.27. The Balaban J connectivity index is 2.40. The number of anilines is 1. The molecule has 0 amide bonds. The lowest BCUT2D eigenvalue weighted by Gasteiger charge is -2.18. The van der Waals surface area contributed by atoms with Gasteiger partial charge in [-0.25, -0.2) is 9.78 Å². The standard InChI is InChI=1S/C8H9N3O2/c12-8(13)6-1-5-2-9-4-11-7(5)3-10-6/h1,3,9,11H,2,4H2,(H,12,13). The fraction of sp³-hybridized carbons (Fsp3) is 0.250. The highest BCUT2D eigenvalue weighted by Crippen LogP contribution is 2.17. The second-order valence-corrected chi connectivity index (χ2v) is 2.81. The third kappa shape index (κ3) is 1.46. The van der Waals surface area contributed by atoms with E-state index in [1.54, 1.807) is 12.3 Å². The Hall–Kier alpha value is -1.62. The molecule has 2 rings (SSSR count). The van der Waals surface area contributed by atoms with Crippen LogP contribution in [0.4, 0.5) is 5.69 Å². The SMILES string of the molecule is O=C(O)c1cc2c(cn1)NCNC2. The highest BCUT2D eigenvalue weighted by atomic mass is 16.4. The summed E-state index contributed by atoms with van der Waals surface area (Å²) in [6.45, 7) is 1.38.